The van der Waals surface area contributed by atoms with Gasteiger partial charge in [-0.2, -0.15) is 11.8 Å². The Bertz CT molecular complexity index is 288. The van der Waals surface area contributed by atoms with E-state index in [1.165, 1.54) is 0 Å². The Labute approximate surface area is 113 Å². The van der Waals surface area contributed by atoms with Crippen LogP contribution in [0.15, 0.2) is 0 Å². The predicted molar refractivity (Wildman–Crippen MR) is 74.4 cm³/mol. The average molecular weight is 276 g/mol. The van der Waals surface area contributed by atoms with E-state index in [1.807, 2.05) is 6.26 Å². The molecule has 6 heteroatoms. The third-order valence-corrected chi connectivity index (χ3v) is 2.68. The van der Waals surface area contributed by atoms with E-state index in [9.17, 15) is 9.59 Å². The van der Waals surface area contributed by atoms with Crippen molar-refractivity contribution in [2.24, 2.45) is 5.73 Å². The fourth-order valence-corrected chi connectivity index (χ4v) is 1.63. The van der Waals surface area contributed by atoms with E-state index in [1.54, 1.807) is 39.5 Å². The number of carbonyl (C=O) groups is 2. The van der Waals surface area contributed by atoms with E-state index in [-0.39, 0.29) is 5.91 Å². The van der Waals surface area contributed by atoms with Crippen LogP contribution in [0.1, 0.15) is 34.1 Å². The molecule has 3 N–H and O–H groups in total. The Morgan fingerprint density at radius 2 is 1.94 bits per heavy atom. The first-order valence-electron chi connectivity index (χ1n) is 5.95. The molecule has 106 valence electrons. The number of carbonyl (C=O) groups excluding carboxylic acids is 2. The maximum absolute atomic E-state index is 11.9. The van der Waals surface area contributed by atoms with E-state index in [2.05, 4.69) is 5.32 Å². The second-order valence-electron chi connectivity index (χ2n) is 5.16. The number of amides is 1. The zero-order valence-electron chi connectivity index (χ0n) is 11.8. The first-order valence-corrected chi connectivity index (χ1v) is 7.34. The Morgan fingerprint density at radius 3 is 2.33 bits per heavy atom. The van der Waals surface area contributed by atoms with Gasteiger partial charge in [-0.1, -0.05) is 0 Å². The highest BCUT2D eigenvalue weighted by atomic mass is 32.2. The van der Waals surface area contributed by atoms with Crippen LogP contribution in [0.25, 0.3) is 0 Å². The van der Waals surface area contributed by atoms with E-state index < -0.39 is 23.7 Å². The van der Waals surface area contributed by atoms with Gasteiger partial charge in [0, 0.05) is 0 Å². The average Bonchev–Trinajstić information content (AvgIpc) is 2.20. The van der Waals surface area contributed by atoms with Crippen LogP contribution in [0.2, 0.25) is 0 Å². The largest absolute Gasteiger partial charge is 0.458 e. The van der Waals surface area contributed by atoms with Gasteiger partial charge < -0.3 is 15.8 Å². The normalized spacial score (nSPS) is 14.8. The van der Waals surface area contributed by atoms with Crippen molar-refractivity contribution in [2.45, 2.75) is 51.8 Å². The lowest BCUT2D eigenvalue weighted by Gasteiger charge is -2.25. The van der Waals surface area contributed by atoms with Crippen LogP contribution in [0.3, 0.4) is 0 Å². The summed E-state index contributed by atoms with van der Waals surface area (Å²) >= 11 is 1.61. The maximum atomic E-state index is 11.9. The second-order valence-corrected chi connectivity index (χ2v) is 6.15. The zero-order chi connectivity index (χ0) is 14.3. The van der Waals surface area contributed by atoms with Crippen molar-refractivity contribution in [1.82, 2.24) is 5.32 Å². The van der Waals surface area contributed by atoms with Crippen LogP contribution in [0.5, 0.6) is 0 Å². The van der Waals surface area contributed by atoms with Gasteiger partial charge in [0.15, 0.2) is 0 Å². The topological polar surface area (TPSA) is 81.4 Å². The van der Waals surface area contributed by atoms with Gasteiger partial charge in [-0.05, 0) is 46.1 Å². The first kappa shape index (κ1) is 17.2. The Hall–Kier alpha value is -0.750. The Balaban J connectivity index is 4.56. The van der Waals surface area contributed by atoms with E-state index in [0.717, 1.165) is 5.75 Å². The molecule has 0 aromatic carbocycles. The van der Waals surface area contributed by atoms with Gasteiger partial charge in [0.1, 0.15) is 11.6 Å². The lowest BCUT2D eigenvalue weighted by atomic mass is 10.1. The number of nitrogens with two attached hydrogens (primary N) is 1. The smallest absolute Gasteiger partial charge is 0.329 e. The molecule has 18 heavy (non-hydrogen) atoms. The molecule has 2 atom stereocenters. The van der Waals surface area contributed by atoms with Crippen LogP contribution in [0, 0.1) is 0 Å². The summed E-state index contributed by atoms with van der Waals surface area (Å²) in [7, 11) is 0. The minimum atomic E-state index is -0.635. The number of nitrogens with one attached hydrogen (secondary N) is 1. The molecule has 0 saturated carbocycles. The highest BCUT2D eigenvalue weighted by molar-refractivity contribution is 7.98. The van der Waals surface area contributed by atoms with Crippen molar-refractivity contribution in [3.05, 3.63) is 0 Å². The molecule has 0 aliphatic carbocycles. The van der Waals surface area contributed by atoms with Crippen LogP contribution in [0.4, 0.5) is 0 Å². The van der Waals surface area contributed by atoms with Gasteiger partial charge >= 0.3 is 5.97 Å². The molecule has 0 heterocycles. The predicted octanol–water partition coefficient (Wildman–Crippen LogP) is 0.913. The lowest BCUT2D eigenvalue weighted by molar-refractivity contribution is -0.158. The summed E-state index contributed by atoms with van der Waals surface area (Å²) in [6.45, 7) is 6.97. The van der Waals surface area contributed by atoms with Gasteiger partial charge in [-0.15, -0.1) is 0 Å². The summed E-state index contributed by atoms with van der Waals surface area (Å²) in [5.74, 6) is 0.0147. The van der Waals surface area contributed by atoms with E-state index in [0.29, 0.717) is 6.42 Å². The maximum Gasteiger partial charge on any atom is 0.329 e. The lowest BCUT2D eigenvalue weighted by Crippen LogP contribution is -2.49. The van der Waals surface area contributed by atoms with Gasteiger partial charge in [0.2, 0.25) is 5.91 Å². The molecule has 0 radical (unpaired) electrons. The van der Waals surface area contributed by atoms with Crippen LogP contribution >= 0.6 is 11.8 Å². The van der Waals surface area contributed by atoms with Crippen molar-refractivity contribution in [1.29, 1.82) is 0 Å². The summed E-state index contributed by atoms with van der Waals surface area (Å²) in [6.07, 6.45) is 2.48. The summed E-state index contributed by atoms with van der Waals surface area (Å²) in [5.41, 5.74) is 4.91. The molecule has 0 fully saturated rings. The van der Waals surface area contributed by atoms with Gasteiger partial charge in [-0.25, -0.2) is 4.79 Å². The molecule has 0 aromatic rings. The number of hydrogen-bond acceptors (Lipinski definition) is 5. The number of thioether (sulfide) groups is 1. The summed E-state index contributed by atoms with van der Waals surface area (Å²) in [4.78, 5) is 23.5. The van der Waals surface area contributed by atoms with E-state index in [4.69, 9.17) is 10.5 Å². The molecule has 0 spiro atoms. The molecule has 0 aliphatic rings. The van der Waals surface area contributed by atoms with Gasteiger partial charge in [0.25, 0.3) is 0 Å². The first-order chi connectivity index (χ1) is 8.17. The molecule has 0 aromatic heterocycles. The fourth-order valence-electron chi connectivity index (χ4n) is 1.16. The molecule has 1 amide bonds. The minimum absolute atomic E-state index is 0.341. The Morgan fingerprint density at radius 1 is 1.39 bits per heavy atom. The number of hydrogen-bond donors (Lipinski definition) is 2. The van der Waals surface area contributed by atoms with Crippen LogP contribution < -0.4 is 11.1 Å². The molecular weight excluding hydrogens is 252 g/mol. The fraction of sp³-hybridized carbons (Fsp3) is 0.833. The monoisotopic (exact) mass is 276 g/mol. The van der Waals surface area contributed by atoms with Crippen molar-refractivity contribution in [2.75, 3.05) is 12.0 Å². The highest BCUT2D eigenvalue weighted by Crippen LogP contribution is 2.11. The molecule has 0 aliphatic heterocycles. The molecule has 0 bridgehead atoms. The summed E-state index contributed by atoms with van der Waals surface area (Å²) in [5, 5.41) is 2.62. The standard InChI is InChI=1S/C12H24N2O3S/c1-8(13)10(15)14-9(6-7-18-5)11(16)17-12(2,3)4/h8-9H,6-7,13H2,1-5H3,(H,14,15)/t8-,9-/m0/s1. The number of ether oxygens (including phenoxy) is 1. The van der Waals surface area contributed by atoms with Crippen LogP contribution in [-0.4, -0.2) is 41.6 Å². The third kappa shape index (κ3) is 7.55. The molecule has 5 nitrogen and oxygen atoms in total. The van der Waals surface area contributed by atoms with Gasteiger partial charge in [-0.3, -0.25) is 4.79 Å². The highest BCUT2D eigenvalue weighted by Gasteiger charge is 2.26. The zero-order valence-corrected chi connectivity index (χ0v) is 12.6. The van der Waals surface area contributed by atoms with Gasteiger partial charge in [0.05, 0.1) is 6.04 Å². The number of esters is 1. The van der Waals surface area contributed by atoms with Crippen LogP contribution in [-0.2, 0) is 14.3 Å². The molecule has 0 saturated heterocycles. The van der Waals surface area contributed by atoms with Crippen molar-refractivity contribution in [3.8, 4) is 0 Å². The van der Waals surface area contributed by atoms with Crippen molar-refractivity contribution >= 4 is 23.6 Å². The molecule has 0 unspecified atom stereocenters. The SMILES string of the molecule is CSCC[C@H](NC(=O)[C@H](C)N)C(=O)OC(C)(C)C. The Kier molecular flexibility index (Phi) is 7.32. The molecule has 0 rings (SSSR count). The van der Waals surface area contributed by atoms with Crippen molar-refractivity contribution < 1.29 is 14.3 Å². The number of rotatable bonds is 6. The summed E-state index contributed by atoms with van der Waals surface area (Å²) in [6, 6.07) is -1.26. The van der Waals surface area contributed by atoms with E-state index >= 15 is 0 Å². The minimum Gasteiger partial charge on any atom is -0.458 e. The molecular formula is C12H24N2O3S. The van der Waals surface area contributed by atoms with Crippen molar-refractivity contribution in [3.63, 3.8) is 0 Å². The summed E-state index contributed by atoms with van der Waals surface area (Å²) < 4.78 is 5.27. The third-order valence-electron chi connectivity index (χ3n) is 2.03. The second kappa shape index (κ2) is 7.63. The quantitative estimate of drug-likeness (QED) is 0.705.